The molecule has 50 heavy (non-hydrogen) atoms. The van der Waals surface area contributed by atoms with E-state index in [9.17, 15) is 40.7 Å². The number of rotatable bonds is 7. The number of amides is 2. The van der Waals surface area contributed by atoms with Crippen molar-refractivity contribution < 1.29 is 40.7 Å². The van der Waals surface area contributed by atoms with Crippen molar-refractivity contribution in [2.45, 2.75) is 38.7 Å². The van der Waals surface area contributed by atoms with Crippen molar-refractivity contribution in [3.8, 4) is 0 Å². The third-order valence-corrected chi connectivity index (χ3v) is 8.60. The van der Waals surface area contributed by atoms with Crippen molar-refractivity contribution in [1.82, 2.24) is 34.0 Å². The van der Waals surface area contributed by atoms with Crippen molar-refractivity contribution >= 4 is 46.1 Å². The number of hydrogen-bond acceptors (Lipinski definition) is 8. The number of hydrogen-bond donors (Lipinski definition) is 2. The number of piperazine rings is 1. The Morgan fingerprint density at radius 3 is 2.44 bits per heavy atom. The van der Waals surface area contributed by atoms with Crippen molar-refractivity contribution in [2.24, 2.45) is 0 Å². The number of carbonyl (C=O) groups is 2. The number of benzene rings is 1. The van der Waals surface area contributed by atoms with Crippen LogP contribution in [-0.2, 0) is 34.8 Å². The molecule has 2 aliphatic rings. The smallest absolute Gasteiger partial charge is 0.377 e. The fourth-order valence-electron chi connectivity index (χ4n) is 5.88. The molecule has 0 unspecified atom stereocenters. The topological polar surface area (TPSA) is 143 Å². The van der Waals surface area contributed by atoms with E-state index in [1.165, 1.54) is 9.47 Å². The van der Waals surface area contributed by atoms with Crippen LogP contribution in [0.1, 0.15) is 46.6 Å². The highest BCUT2D eigenvalue weighted by Gasteiger charge is 2.40. The Hall–Kier alpha value is -4.91. The minimum Gasteiger partial charge on any atom is -0.377 e. The minimum absolute atomic E-state index is 0.0266. The fraction of sp³-hybridized carbons (Fsp3) is 0.400. The molecule has 1 saturated heterocycles. The second kappa shape index (κ2) is 13.4. The highest BCUT2D eigenvalue weighted by Crippen LogP contribution is 2.34. The van der Waals surface area contributed by atoms with Gasteiger partial charge < -0.3 is 29.4 Å². The lowest BCUT2D eigenvalue weighted by molar-refractivity contribution is -0.141. The zero-order valence-corrected chi connectivity index (χ0v) is 26.9. The second-order valence-corrected chi connectivity index (χ2v) is 11.8. The van der Waals surface area contributed by atoms with Gasteiger partial charge >= 0.3 is 12.4 Å². The molecule has 2 amide bonds. The quantitative estimate of drug-likeness (QED) is 0.269. The molecule has 13 nitrogen and oxygen atoms in total. The van der Waals surface area contributed by atoms with Crippen LogP contribution in [0, 0.1) is 0 Å². The number of ether oxygens (including phenoxy) is 1. The summed E-state index contributed by atoms with van der Waals surface area (Å²) in [6.45, 7) is 1.99. The zero-order chi connectivity index (χ0) is 36.0. The van der Waals surface area contributed by atoms with E-state index in [1.807, 2.05) is 4.98 Å². The van der Waals surface area contributed by atoms with Gasteiger partial charge in [-0.2, -0.15) is 35.8 Å². The van der Waals surface area contributed by atoms with E-state index in [0.717, 1.165) is 28.5 Å². The number of aromatic nitrogens is 6. The maximum atomic E-state index is 14.1. The molecule has 0 aliphatic carbocycles. The van der Waals surface area contributed by atoms with Crippen LogP contribution in [-0.4, -0.2) is 85.2 Å². The van der Waals surface area contributed by atoms with E-state index < -0.39 is 53.2 Å². The third-order valence-electron chi connectivity index (χ3n) is 8.29. The van der Waals surface area contributed by atoms with Crippen LogP contribution < -0.4 is 15.8 Å². The predicted octanol–water partition coefficient (Wildman–Crippen LogP) is 4.27. The number of anilines is 2. The molecule has 266 valence electrons. The summed E-state index contributed by atoms with van der Waals surface area (Å²) in [6.07, 6.45) is -6.23. The fourth-order valence-corrected chi connectivity index (χ4v) is 6.10. The summed E-state index contributed by atoms with van der Waals surface area (Å²) in [5.41, 5.74) is -2.44. The number of fused-ring (bicyclic) bond motifs is 1. The Balaban J connectivity index is 1.34. The van der Waals surface area contributed by atoms with E-state index in [-0.39, 0.29) is 60.6 Å². The van der Waals surface area contributed by atoms with E-state index in [0.29, 0.717) is 31.4 Å². The number of carbonyl (C=O) groups excluding carboxylic acids is 2. The summed E-state index contributed by atoms with van der Waals surface area (Å²) in [5.74, 6) is -1.35. The van der Waals surface area contributed by atoms with Crippen LogP contribution >= 0.6 is 11.6 Å². The van der Waals surface area contributed by atoms with Gasteiger partial charge in [-0.15, -0.1) is 5.10 Å². The predicted molar refractivity (Wildman–Crippen MR) is 167 cm³/mol. The maximum absolute atomic E-state index is 14.1. The van der Waals surface area contributed by atoms with Gasteiger partial charge in [-0.05, 0) is 36.6 Å². The third kappa shape index (κ3) is 6.78. The molecule has 0 saturated carbocycles. The molecule has 2 aliphatic heterocycles. The molecule has 1 aromatic carbocycles. The number of halogens is 7. The molecule has 0 radical (unpaired) electrons. The van der Waals surface area contributed by atoms with E-state index in [1.54, 1.807) is 17.9 Å². The highest BCUT2D eigenvalue weighted by atomic mass is 35.5. The van der Waals surface area contributed by atoms with Crippen LogP contribution in [0.15, 0.2) is 35.4 Å². The number of alkyl halides is 6. The van der Waals surface area contributed by atoms with Gasteiger partial charge in [-0.1, -0.05) is 24.6 Å². The van der Waals surface area contributed by atoms with Gasteiger partial charge in [0.2, 0.25) is 11.7 Å². The molecule has 0 bridgehead atoms. The van der Waals surface area contributed by atoms with Gasteiger partial charge in [0.1, 0.15) is 12.2 Å². The minimum atomic E-state index is -4.82. The van der Waals surface area contributed by atoms with Crippen molar-refractivity contribution in [3.63, 3.8) is 0 Å². The average Bonchev–Trinajstić information content (AvgIpc) is 3.76. The molecule has 4 aromatic rings. The number of nitrogens with one attached hydrogen (secondary N) is 2. The van der Waals surface area contributed by atoms with Gasteiger partial charge in [-0.25, -0.2) is 4.98 Å². The molecular weight excluding hydrogens is 700 g/mol. The Bertz CT molecular complexity index is 2040. The summed E-state index contributed by atoms with van der Waals surface area (Å²) in [6, 6.07) is 2.50. The Labute approximate surface area is 283 Å². The molecule has 5 heterocycles. The van der Waals surface area contributed by atoms with E-state index in [4.69, 9.17) is 16.3 Å². The van der Waals surface area contributed by atoms with Crippen LogP contribution in [0.5, 0.6) is 0 Å². The summed E-state index contributed by atoms with van der Waals surface area (Å²) in [5, 5.41) is 6.63. The lowest BCUT2D eigenvalue weighted by Gasteiger charge is -2.36. The van der Waals surface area contributed by atoms with Gasteiger partial charge in [-0.3, -0.25) is 14.4 Å². The van der Waals surface area contributed by atoms with Crippen LogP contribution in [0.25, 0.3) is 11.4 Å². The van der Waals surface area contributed by atoms with Gasteiger partial charge in [0.15, 0.2) is 17.2 Å². The highest BCUT2D eigenvalue weighted by molar-refractivity contribution is 6.33. The Morgan fingerprint density at radius 2 is 1.82 bits per heavy atom. The first-order valence-corrected chi connectivity index (χ1v) is 15.7. The molecule has 0 spiro atoms. The van der Waals surface area contributed by atoms with Crippen molar-refractivity contribution in [2.75, 3.05) is 49.6 Å². The average molecular weight is 728 g/mol. The molecule has 1 fully saturated rings. The van der Waals surface area contributed by atoms with Crippen LogP contribution in [0.2, 0.25) is 5.02 Å². The second-order valence-electron chi connectivity index (χ2n) is 11.4. The summed E-state index contributed by atoms with van der Waals surface area (Å²) in [7, 11) is 0. The SMILES string of the molecule is CCc1c(N2CCN(C(=O)c3nc[nH]c3C(F)(F)F)CC2)c(=O)n2nc(C3=CCOCC3)nc2n1CC(=O)Nc1ccc(C(F)(F)F)cc1Cl. The Kier molecular flexibility index (Phi) is 9.38. The van der Waals surface area contributed by atoms with E-state index in [2.05, 4.69) is 20.4 Å². The lowest BCUT2D eigenvalue weighted by Crippen LogP contribution is -2.51. The standard InChI is InChI=1S/C30H28ClF6N9O4/c1-2-20-23(43-7-9-44(10-8-43)26(48)22-24(30(35,36)37)39-15-38-22)27(49)46-28(41-25(42-46)16-5-11-50-12-6-16)45(20)14-21(47)40-19-4-3-17(13-18(19)31)29(32,33)34/h3-5,13,15H,2,6-12,14H2,1H3,(H,38,39)(H,40,47). The normalized spacial score (nSPS) is 15.8. The maximum Gasteiger partial charge on any atom is 0.433 e. The number of aromatic amines is 1. The Morgan fingerprint density at radius 1 is 1.08 bits per heavy atom. The summed E-state index contributed by atoms with van der Waals surface area (Å²) < 4.78 is 87.6. The monoisotopic (exact) mass is 727 g/mol. The molecule has 2 N–H and O–H groups in total. The van der Waals surface area contributed by atoms with Crippen molar-refractivity contribution in [1.29, 1.82) is 0 Å². The first-order chi connectivity index (χ1) is 23.7. The van der Waals surface area contributed by atoms with E-state index >= 15 is 0 Å². The molecule has 3 aromatic heterocycles. The lowest BCUT2D eigenvalue weighted by atomic mass is 10.1. The molecule has 6 rings (SSSR count). The first kappa shape index (κ1) is 34.9. The molecular formula is C30H28ClF6N9O4. The molecule has 20 heteroatoms. The van der Waals surface area contributed by atoms with Gasteiger partial charge in [0, 0.05) is 26.2 Å². The summed E-state index contributed by atoms with van der Waals surface area (Å²) in [4.78, 5) is 53.5. The molecule has 0 atom stereocenters. The van der Waals surface area contributed by atoms with Crippen LogP contribution in [0.4, 0.5) is 37.7 Å². The number of imidazole rings is 1. The van der Waals surface area contributed by atoms with Gasteiger partial charge in [0.25, 0.3) is 11.5 Å². The zero-order valence-electron chi connectivity index (χ0n) is 26.2. The van der Waals surface area contributed by atoms with Crippen LogP contribution in [0.3, 0.4) is 0 Å². The summed E-state index contributed by atoms with van der Waals surface area (Å²) >= 11 is 6.07. The van der Waals surface area contributed by atoms with Crippen molar-refractivity contribution in [3.05, 3.63) is 74.4 Å². The van der Waals surface area contributed by atoms with Gasteiger partial charge in [0.05, 0.1) is 41.5 Å². The first-order valence-electron chi connectivity index (χ1n) is 15.3. The number of nitrogens with zero attached hydrogens (tertiary/aromatic N) is 7. The number of H-pyrrole nitrogens is 1. The largest absolute Gasteiger partial charge is 0.433 e.